The molecule has 0 amide bonds. The number of aromatic nitrogens is 4. The van der Waals surface area contributed by atoms with E-state index < -0.39 is 9.73 Å². The van der Waals surface area contributed by atoms with Crippen LogP contribution in [-0.4, -0.2) is 61.5 Å². The SMILES string of the molecule is C[C@@H]1COCCN1c1cc(N=S(C)(=O)C2CC2)nc(-c2ccnc3[nH]ccc23)n1. The van der Waals surface area contributed by atoms with Crippen LogP contribution < -0.4 is 4.90 Å². The predicted molar refractivity (Wildman–Crippen MR) is 114 cm³/mol. The van der Waals surface area contributed by atoms with E-state index in [-0.39, 0.29) is 11.3 Å². The Labute approximate surface area is 169 Å². The quantitative estimate of drug-likeness (QED) is 0.707. The molecule has 0 bridgehead atoms. The second kappa shape index (κ2) is 7.07. The molecule has 0 aromatic carbocycles. The summed E-state index contributed by atoms with van der Waals surface area (Å²) in [6.07, 6.45) is 7.27. The standard InChI is InChI=1S/C20H24N6O2S/c1-13-12-28-10-9-26(13)18-11-17(25-29(2,27)14-3-4-14)23-20(24-18)16-6-8-22-19-15(16)5-7-21-19/h5-8,11,13-14H,3-4,9-10,12H2,1-2H3,(H,21,22)/t13-,29?/m1/s1. The summed E-state index contributed by atoms with van der Waals surface area (Å²) in [6.45, 7) is 4.16. The second-order valence-electron chi connectivity index (χ2n) is 7.78. The van der Waals surface area contributed by atoms with E-state index >= 15 is 0 Å². The number of morpholine rings is 1. The zero-order valence-electron chi connectivity index (χ0n) is 16.5. The Kier molecular flexibility index (Phi) is 4.51. The highest BCUT2D eigenvalue weighted by Gasteiger charge is 2.31. The summed E-state index contributed by atoms with van der Waals surface area (Å²) in [6, 6.07) is 5.92. The first-order valence-electron chi connectivity index (χ1n) is 9.88. The minimum absolute atomic E-state index is 0.170. The smallest absolute Gasteiger partial charge is 0.167 e. The van der Waals surface area contributed by atoms with Gasteiger partial charge in [-0.15, -0.1) is 0 Å². The fraction of sp³-hybridized carbons (Fsp3) is 0.450. The van der Waals surface area contributed by atoms with Crippen LogP contribution in [0.25, 0.3) is 22.4 Å². The third kappa shape index (κ3) is 3.60. The zero-order valence-corrected chi connectivity index (χ0v) is 17.4. The lowest BCUT2D eigenvalue weighted by molar-refractivity contribution is 0.0985. The van der Waals surface area contributed by atoms with Crippen LogP contribution in [0.2, 0.25) is 0 Å². The number of H-pyrrole nitrogens is 1. The summed E-state index contributed by atoms with van der Waals surface area (Å²) in [5, 5.41) is 1.12. The maximum atomic E-state index is 13.0. The first-order chi connectivity index (χ1) is 14.0. The number of ether oxygens (including phenoxy) is 1. The van der Waals surface area contributed by atoms with Crippen LogP contribution in [0.5, 0.6) is 0 Å². The van der Waals surface area contributed by atoms with Crippen LogP contribution in [0.15, 0.2) is 35.0 Å². The molecule has 3 aromatic heterocycles. The molecule has 1 saturated heterocycles. The predicted octanol–water partition coefficient (Wildman–Crippen LogP) is 3.14. The molecule has 8 nitrogen and oxygen atoms in total. The van der Waals surface area contributed by atoms with Gasteiger partial charge in [0.25, 0.3) is 0 Å². The molecule has 1 saturated carbocycles. The molecule has 1 N–H and O–H groups in total. The number of hydrogen-bond donors (Lipinski definition) is 1. The van der Waals surface area contributed by atoms with Gasteiger partial charge in [-0.05, 0) is 31.9 Å². The van der Waals surface area contributed by atoms with Crippen molar-refractivity contribution in [3.8, 4) is 11.4 Å². The molecule has 3 aromatic rings. The first-order valence-corrected chi connectivity index (χ1v) is 11.9. The van der Waals surface area contributed by atoms with E-state index in [2.05, 4.69) is 26.2 Å². The van der Waals surface area contributed by atoms with Crippen molar-refractivity contribution < 1.29 is 8.95 Å². The van der Waals surface area contributed by atoms with Gasteiger partial charge >= 0.3 is 0 Å². The maximum absolute atomic E-state index is 13.0. The number of aromatic amines is 1. The van der Waals surface area contributed by atoms with Crippen molar-refractivity contribution >= 4 is 32.4 Å². The van der Waals surface area contributed by atoms with Crippen molar-refractivity contribution in [2.24, 2.45) is 4.36 Å². The van der Waals surface area contributed by atoms with Gasteiger partial charge in [0.2, 0.25) is 0 Å². The minimum atomic E-state index is -2.31. The van der Waals surface area contributed by atoms with E-state index in [0.717, 1.165) is 41.8 Å². The molecule has 0 spiro atoms. The number of rotatable bonds is 4. The molecule has 4 heterocycles. The Bertz CT molecular complexity index is 1180. The Morgan fingerprint density at radius 1 is 1.31 bits per heavy atom. The van der Waals surface area contributed by atoms with Gasteiger partial charge in [-0.25, -0.2) is 19.2 Å². The molecular formula is C20H24N6O2S. The van der Waals surface area contributed by atoms with E-state index in [4.69, 9.17) is 14.7 Å². The average Bonchev–Trinajstić information content (AvgIpc) is 3.46. The lowest BCUT2D eigenvalue weighted by Crippen LogP contribution is -2.44. The van der Waals surface area contributed by atoms with Gasteiger partial charge in [0.05, 0.1) is 29.0 Å². The molecule has 2 aliphatic rings. The van der Waals surface area contributed by atoms with Gasteiger partial charge in [-0.3, -0.25) is 0 Å². The van der Waals surface area contributed by atoms with E-state index in [1.807, 2.05) is 24.4 Å². The first kappa shape index (κ1) is 18.5. The monoisotopic (exact) mass is 412 g/mol. The van der Waals surface area contributed by atoms with Crippen LogP contribution >= 0.6 is 0 Å². The summed E-state index contributed by atoms with van der Waals surface area (Å²) in [4.78, 5) is 19.2. The lowest BCUT2D eigenvalue weighted by Gasteiger charge is -2.34. The topological polar surface area (TPSA) is 96.4 Å². The molecule has 9 heteroatoms. The molecule has 5 rings (SSSR count). The maximum Gasteiger partial charge on any atom is 0.167 e. The fourth-order valence-corrected chi connectivity index (χ4v) is 5.35. The summed E-state index contributed by atoms with van der Waals surface area (Å²) in [5.74, 6) is 1.83. The highest BCUT2D eigenvalue weighted by molar-refractivity contribution is 7.93. The molecular weight excluding hydrogens is 388 g/mol. The summed E-state index contributed by atoms with van der Waals surface area (Å²) >= 11 is 0. The zero-order chi connectivity index (χ0) is 20.0. The van der Waals surface area contributed by atoms with Crippen molar-refractivity contribution in [3.63, 3.8) is 0 Å². The van der Waals surface area contributed by atoms with E-state index in [1.165, 1.54) is 0 Å². The number of pyridine rings is 1. The van der Waals surface area contributed by atoms with E-state index in [9.17, 15) is 4.21 Å². The molecule has 0 radical (unpaired) electrons. The summed E-state index contributed by atoms with van der Waals surface area (Å²) < 4.78 is 23.2. The number of hydrogen-bond acceptors (Lipinski definition) is 7. The Morgan fingerprint density at radius 2 is 2.17 bits per heavy atom. The second-order valence-corrected chi connectivity index (χ2v) is 10.3. The fourth-order valence-electron chi connectivity index (χ4n) is 3.73. The largest absolute Gasteiger partial charge is 0.377 e. The van der Waals surface area contributed by atoms with Gasteiger partial charge in [0, 0.05) is 47.5 Å². The molecule has 1 aliphatic heterocycles. The van der Waals surface area contributed by atoms with Crippen molar-refractivity contribution in [3.05, 3.63) is 30.6 Å². The Morgan fingerprint density at radius 3 is 2.97 bits per heavy atom. The highest BCUT2D eigenvalue weighted by Crippen LogP contribution is 2.33. The molecule has 1 unspecified atom stereocenters. The number of fused-ring (bicyclic) bond motifs is 1. The van der Waals surface area contributed by atoms with Gasteiger partial charge in [0.1, 0.15) is 11.5 Å². The van der Waals surface area contributed by atoms with Gasteiger partial charge in [-0.1, -0.05) is 0 Å². The van der Waals surface area contributed by atoms with Gasteiger partial charge < -0.3 is 14.6 Å². The summed E-state index contributed by atoms with van der Waals surface area (Å²) in [7, 11) is -2.31. The third-order valence-corrected chi connectivity index (χ3v) is 7.74. The number of anilines is 1. The van der Waals surface area contributed by atoms with Crippen LogP contribution in [-0.2, 0) is 14.5 Å². The van der Waals surface area contributed by atoms with Gasteiger partial charge in [0.15, 0.2) is 11.6 Å². The molecule has 1 aliphatic carbocycles. The Hall–Kier alpha value is -2.52. The van der Waals surface area contributed by atoms with Crippen LogP contribution in [0.1, 0.15) is 19.8 Å². The van der Waals surface area contributed by atoms with Gasteiger partial charge in [-0.2, -0.15) is 4.36 Å². The normalized spacial score (nSPS) is 21.9. The molecule has 29 heavy (non-hydrogen) atoms. The van der Waals surface area contributed by atoms with E-state index in [1.54, 1.807) is 12.5 Å². The molecule has 2 fully saturated rings. The van der Waals surface area contributed by atoms with Crippen LogP contribution in [0, 0.1) is 0 Å². The van der Waals surface area contributed by atoms with E-state index in [0.29, 0.717) is 24.9 Å². The van der Waals surface area contributed by atoms with Crippen LogP contribution in [0.3, 0.4) is 0 Å². The number of nitrogens with zero attached hydrogens (tertiary/aromatic N) is 5. The van der Waals surface area contributed by atoms with Crippen molar-refractivity contribution in [1.82, 2.24) is 19.9 Å². The average molecular weight is 413 g/mol. The summed E-state index contributed by atoms with van der Waals surface area (Å²) in [5.41, 5.74) is 1.66. The third-order valence-electron chi connectivity index (χ3n) is 5.48. The molecule has 2 atom stereocenters. The lowest BCUT2D eigenvalue weighted by atomic mass is 10.1. The number of nitrogens with one attached hydrogen (secondary N) is 1. The minimum Gasteiger partial charge on any atom is -0.377 e. The molecule has 152 valence electrons. The van der Waals surface area contributed by atoms with Crippen LogP contribution in [0.4, 0.5) is 11.6 Å². The van der Waals surface area contributed by atoms with Crippen molar-refractivity contribution in [2.75, 3.05) is 30.9 Å². The Balaban J connectivity index is 1.68. The van der Waals surface area contributed by atoms with Crippen molar-refractivity contribution in [2.45, 2.75) is 31.1 Å². The highest BCUT2D eigenvalue weighted by atomic mass is 32.2. The van der Waals surface area contributed by atoms with Crippen molar-refractivity contribution in [1.29, 1.82) is 0 Å².